The molecule has 0 amide bonds. The van der Waals surface area contributed by atoms with E-state index >= 15 is 0 Å². The van der Waals surface area contributed by atoms with E-state index in [4.69, 9.17) is 0 Å². The van der Waals surface area contributed by atoms with Gasteiger partial charge in [-0.2, -0.15) is 0 Å². The van der Waals surface area contributed by atoms with Crippen molar-refractivity contribution < 1.29 is 0 Å². The van der Waals surface area contributed by atoms with E-state index in [2.05, 4.69) is 27.7 Å². The lowest BCUT2D eigenvalue weighted by molar-refractivity contribution is -0.150. The summed E-state index contributed by atoms with van der Waals surface area (Å²) in [5.74, 6) is 20.3. The van der Waals surface area contributed by atoms with Crippen molar-refractivity contribution in [3.05, 3.63) is 0 Å². The molecule has 42 heavy (non-hydrogen) atoms. The van der Waals surface area contributed by atoms with Crippen molar-refractivity contribution in [1.29, 1.82) is 0 Å². The minimum Gasteiger partial charge on any atom is -0.0625 e. The highest BCUT2D eigenvalue weighted by Crippen LogP contribution is 2.88. The van der Waals surface area contributed by atoms with E-state index in [1.54, 1.807) is 109 Å². The second-order valence-electron chi connectivity index (χ2n) is 21.1. The van der Waals surface area contributed by atoms with Crippen LogP contribution in [0, 0.1) is 123 Å². The van der Waals surface area contributed by atoms with Crippen molar-refractivity contribution in [3.8, 4) is 0 Å². The van der Waals surface area contributed by atoms with Crippen molar-refractivity contribution in [2.75, 3.05) is 0 Å². The fraction of sp³-hybridized carbons (Fsp3) is 1.00. The summed E-state index contributed by atoms with van der Waals surface area (Å²) in [6.45, 7) is 11.3. The second kappa shape index (κ2) is 8.28. The molecular formula is C42H64. The van der Waals surface area contributed by atoms with Crippen LogP contribution in [0.25, 0.3) is 0 Å². The van der Waals surface area contributed by atoms with Crippen molar-refractivity contribution in [2.45, 2.75) is 137 Å². The summed E-state index contributed by atoms with van der Waals surface area (Å²) in [5, 5.41) is 0. The van der Waals surface area contributed by atoms with Crippen LogP contribution in [0.3, 0.4) is 0 Å². The Kier molecular flexibility index (Phi) is 5.15. The molecule has 0 saturated heterocycles. The molecular weight excluding hydrogens is 504 g/mol. The molecule has 0 heteroatoms. The normalized spacial score (nSPS) is 67.7. The molecule has 0 bridgehead atoms. The maximum atomic E-state index is 2.93. The average molecular weight is 569 g/mol. The molecule has 0 radical (unpaired) electrons. The summed E-state index contributed by atoms with van der Waals surface area (Å²) in [7, 11) is 0. The predicted octanol–water partition coefficient (Wildman–Crippen LogP) is 10.9. The largest absolute Gasteiger partial charge is 0.0625 e. The Bertz CT molecular complexity index is 1150. The Balaban J connectivity index is 1.10. The zero-order valence-corrected chi connectivity index (χ0v) is 27.9. The molecule has 0 nitrogen and oxygen atoms in total. The number of hydrogen-bond donors (Lipinski definition) is 0. The molecule has 0 heterocycles. The topological polar surface area (TPSA) is 0 Å². The third-order valence-corrected chi connectivity index (χ3v) is 20.5. The smallest absolute Gasteiger partial charge is 0.0193 e. The molecule has 20 atom stereocenters. The van der Waals surface area contributed by atoms with E-state index < -0.39 is 0 Å². The summed E-state index contributed by atoms with van der Waals surface area (Å²) < 4.78 is 0. The van der Waals surface area contributed by atoms with Gasteiger partial charge in [0.25, 0.3) is 0 Å². The second-order valence-corrected chi connectivity index (χ2v) is 21.1. The lowest BCUT2D eigenvalue weighted by atomic mass is 9.42. The highest BCUT2D eigenvalue weighted by atomic mass is 14.9. The lowest BCUT2D eigenvalue weighted by Gasteiger charge is -2.63. The molecule has 11 saturated carbocycles. The Morgan fingerprint density at radius 1 is 0.452 bits per heavy atom. The molecule has 1 spiro atoms. The number of fused-ring (bicyclic) bond motifs is 10. The third-order valence-electron chi connectivity index (χ3n) is 20.5. The van der Waals surface area contributed by atoms with Crippen molar-refractivity contribution in [1.82, 2.24) is 0 Å². The van der Waals surface area contributed by atoms with Crippen molar-refractivity contribution in [2.24, 2.45) is 123 Å². The van der Waals surface area contributed by atoms with Crippen LogP contribution in [-0.2, 0) is 0 Å². The molecule has 11 rings (SSSR count). The lowest BCUT2D eigenvalue weighted by Crippen LogP contribution is -2.57. The van der Waals surface area contributed by atoms with Crippen molar-refractivity contribution >= 4 is 0 Å². The van der Waals surface area contributed by atoms with Crippen LogP contribution in [0.2, 0.25) is 0 Å². The summed E-state index contributed by atoms with van der Waals surface area (Å²) in [6.07, 6.45) is 27.7. The Labute approximate surface area is 259 Å². The fourth-order valence-electron chi connectivity index (χ4n) is 20.2. The van der Waals surface area contributed by atoms with Crippen LogP contribution in [0.5, 0.6) is 0 Å². The quantitative estimate of drug-likeness (QED) is 0.273. The van der Waals surface area contributed by atoms with E-state index in [-0.39, 0.29) is 0 Å². The average Bonchev–Trinajstić information content (AvgIpc) is 3.71. The molecule has 232 valence electrons. The minimum atomic E-state index is 0.571. The van der Waals surface area contributed by atoms with Crippen LogP contribution in [0.4, 0.5) is 0 Å². The first-order valence-electron chi connectivity index (χ1n) is 20.3. The Morgan fingerprint density at radius 3 is 2.07 bits per heavy atom. The van der Waals surface area contributed by atoms with Gasteiger partial charge >= 0.3 is 0 Å². The zero-order chi connectivity index (χ0) is 27.9. The summed E-state index contributed by atoms with van der Waals surface area (Å²) >= 11 is 0. The standard InChI is InChI=1S/C42H64/c1-22-15-24-13-14-25-18-31-35-26(17-23-9-5-6-10-28(23)35)19-30-32-21-41(4)38(29-11-7-8-12-33(29)40(41,2)3)39(32)42(37(30)31)20-27(16-22)34(24)36(25)42/h22-39H,5-21H2,1-4H3. The van der Waals surface area contributed by atoms with E-state index in [0.717, 1.165) is 94.2 Å². The van der Waals surface area contributed by atoms with Crippen LogP contribution in [-0.4, -0.2) is 0 Å². The maximum Gasteiger partial charge on any atom is -0.0193 e. The summed E-state index contributed by atoms with van der Waals surface area (Å²) in [6, 6.07) is 0. The Morgan fingerprint density at radius 2 is 1.19 bits per heavy atom. The first-order valence-corrected chi connectivity index (χ1v) is 20.3. The molecule has 0 aromatic heterocycles. The number of hydrogen-bond acceptors (Lipinski definition) is 0. The first kappa shape index (κ1) is 26.1. The van der Waals surface area contributed by atoms with E-state index in [9.17, 15) is 0 Å². The molecule has 0 aromatic carbocycles. The van der Waals surface area contributed by atoms with Crippen LogP contribution in [0.15, 0.2) is 0 Å². The van der Waals surface area contributed by atoms with Gasteiger partial charge in [0.05, 0.1) is 0 Å². The van der Waals surface area contributed by atoms with Gasteiger partial charge in [-0.1, -0.05) is 59.8 Å². The van der Waals surface area contributed by atoms with Crippen LogP contribution < -0.4 is 0 Å². The highest BCUT2D eigenvalue weighted by Gasteiger charge is 2.82. The van der Waals surface area contributed by atoms with Gasteiger partial charge in [-0.15, -0.1) is 0 Å². The SMILES string of the molecule is CC1CC2CCC3CC4C5C(CC6CCCCC65)CC5C6CC7(C)C(C8CCCCC8C7(C)C)C6C6(CC(C1)C2C36)C54. The van der Waals surface area contributed by atoms with Gasteiger partial charge in [-0.3, -0.25) is 0 Å². The van der Waals surface area contributed by atoms with Gasteiger partial charge in [-0.25, -0.2) is 0 Å². The van der Waals surface area contributed by atoms with Crippen LogP contribution in [0.1, 0.15) is 137 Å². The van der Waals surface area contributed by atoms with Gasteiger partial charge < -0.3 is 0 Å². The Hall–Kier alpha value is 0. The van der Waals surface area contributed by atoms with Gasteiger partial charge in [0.1, 0.15) is 0 Å². The molecule has 11 aliphatic carbocycles. The summed E-state index contributed by atoms with van der Waals surface area (Å²) in [4.78, 5) is 0. The third kappa shape index (κ3) is 2.78. The molecule has 20 unspecified atom stereocenters. The van der Waals surface area contributed by atoms with Gasteiger partial charge in [0.2, 0.25) is 0 Å². The van der Waals surface area contributed by atoms with Gasteiger partial charge in [0, 0.05) is 0 Å². The van der Waals surface area contributed by atoms with Gasteiger partial charge in [0.15, 0.2) is 0 Å². The molecule has 11 aliphatic rings. The summed E-state index contributed by atoms with van der Waals surface area (Å²) in [5.41, 5.74) is 1.98. The minimum absolute atomic E-state index is 0.571. The molecule has 11 fully saturated rings. The maximum absolute atomic E-state index is 2.93. The zero-order valence-electron chi connectivity index (χ0n) is 27.9. The number of rotatable bonds is 0. The first-order chi connectivity index (χ1) is 20.3. The van der Waals surface area contributed by atoms with Gasteiger partial charge in [-0.05, 0) is 200 Å². The van der Waals surface area contributed by atoms with E-state index in [1.807, 2.05) is 0 Å². The monoisotopic (exact) mass is 569 g/mol. The van der Waals surface area contributed by atoms with E-state index in [1.165, 1.54) is 17.8 Å². The van der Waals surface area contributed by atoms with Crippen molar-refractivity contribution in [3.63, 3.8) is 0 Å². The molecule has 0 N–H and O–H groups in total. The fourth-order valence-corrected chi connectivity index (χ4v) is 20.2. The molecule has 0 aliphatic heterocycles. The predicted molar refractivity (Wildman–Crippen MR) is 171 cm³/mol. The highest BCUT2D eigenvalue weighted by molar-refractivity contribution is 5.30. The van der Waals surface area contributed by atoms with E-state index in [0.29, 0.717) is 10.8 Å². The molecule has 0 aromatic rings. The van der Waals surface area contributed by atoms with Crippen LogP contribution >= 0.6 is 0 Å².